The number of amides is 1. The Morgan fingerprint density at radius 2 is 2.28 bits per heavy atom. The van der Waals surface area contributed by atoms with Crippen LogP contribution < -0.4 is 15.4 Å². The number of carbonyl (C=O) groups is 1. The standard InChI is InChI=1S/C13H17N3O2/c1-3-15-13(17)6-7-16-12-8-11(18-2)5-4-10(12)9-14/h4-5,8,16H,3,6-7H2,1-2H3,(H,15,17). The van der Waals surface area contributed by atoms with Crippen molar-refractivity contribution in [3.05, 3.63) is 23.8 Å². The fourth-order valence-corrected chi connectivity index (χ4v) is 1.49. The van der Waals surface area contributed by atoms with Crippen molar-refractivity contribution in [1.29, 1.82) is 5.26 Å². The van der Waals surface area contributed by atoms with Gasteiger partial charge in [-0.15, -0.1) is 0 Å². The molecule has 0 atom stereocenters. The van der Waals surface area contributed by atoms with E-state index in [1.165, 1.54) is 0 Å². The summed E-state index contributed by atoms with van der Waals surface area (Å²) in [6.07, 6.45) is 0.371. The van der Waals surface area contributed by atoms with Gasteiger partial charge in [0.1, 0.15) is 11.8 Å². The minimum Gasteiger partial charge on any atom is -0.497 e. The van der Waals surface area contributed by atoms with Crippen LogP contribution in [0.25, 0.3) is 0 Å². The van der Waals surface area contributed by atoms with Crippen molar-refractivity contribution < 1.29 is 9.53 Å². The van der Waals surface area contributed by atoms with Crippen LogP contribution in [-0.4, -0.2) is 26.1 Å². The van der Waals surface area contributed by atoms with E-state index in [2.05, 4.69) is 16.7 Å². The molecule has 0 saturated heterocycles. The SMILES string of the molecule is CCNC(=O)CCNc1cc(OC)ccc1C#N. The molecule has 0 radical (unpaired) electrons. The number of rotatable bonds is 6. The van der Waals surface area contributed by atoms with E-state index in [0.29, 0.717) is 36.5 Å². The summed E-state index contributed by atoms with van der Waals surface area (Å²) in [7, 11) is 1.57. The number of nitriles is 1. The number of carbonyl (C=O) groups excluding carboxylic acids is 1. The Balaban J connectivity index is 2.60. The maximum atomic E-state index is 11.3. The molecule has 0 fully saturated rings. The third-order valence-electron chi connectivity index (χ3n) is 2.39. The van der Waals surface area contributed by atoms with Gasteiger partial charge in [-0.1, -0.05) is 0 Å². The minimum atomic E-state index is -0.00796. The molecule has 0 aliphatic rings. The van der Waals surface area contributed by atoms with E-state index in [1.807, 2.05) is 6.92 Å². The Hall–Kier alpha value is -2.22. The number of methoxy groups -OCH3 is 1. The van der Waals surface area contributed by atoms with E-state index in [9.17, 15) is 4.79 Å². The van der Waals surface area contributed by atoms with E-state index in [0.717, 1.165) is 0 Å². The molecule has 5 nitrogen and oxygen atoms in total. The number of benzene rings is 1. The normalized spacial score (nSPS) is 9.39. The van der Waals surface area contributed by atoms with Crippen molar-refractivity contribution in [3.63, 3.8) is 0 Å². The van der Waals surface area contributed by atoms with Gasteiger partial charge >= 0.3 is 0 Å². The maximum absolute atomic E-state index is 11.3. The molecule has 1 aromatic carbocycles. The lowest BCUT2D eigenvalue weighted by Crippen LogP contribution is -2.24. The van der Waals surface area contributed by atoms with Crippen LogP contribution in [0.2, 0.25) is 0 Å². The maximum Gasteiger partial charge on any atom is 0.221 e. The third-order valence-corrected chi connectivity index (χ3v) is 2.39. The van der Waals surface area contributed by atoms with Gasteiger partial charge in [-0.3, -0.25) is 4.79 Å². The van der Waals surface area contributed by atoms with Gasteiger partial charge in [0.15, 0.2) is 0 Å². The first-order valence-electron chi connectivity index (χ1n) is 5.80. The second kappa shape index (κ2) is 7.17. The molecule has 1 aromatic rings. The Kier molecular flexibility index (Phi) is 5.52. The Morgan fingerprint density at radius 1 is 1.50 bits per heavy atom. The molecule has 0 aliphatic heterocycles. The third kappa shape index (κ3) is 3.98. The van der Waals surface area contributed by atoms with Gasteiger partial charge in [0.05, 0.1) is 18.4 Å². The van der Waals surface area contributed by atoms with E-state index >= 15 is 0 Å². The summed E-state index contributed by atoms with van der Waals surface area (Å²) in [5.41, 5.74) is 1.22. The topological polar surface area (TPSA) is 74.2 Å². The van der Waals surface area contributed by atoms with Crippen molar-refractivity contribution in [2.75, 3.05) is 25.5 Å². The van der Waals surface area contributed by atoms with Crippen LogP contribution in [-0.2, 0) is 4.79 Å². The lowest BCUT2D eigenvalue weighted by molar-refractivity contribution is -0.120. The van der Waals surface area contributed by atoms with Crippen molar-refractivity contribution in [1.82, 2.24) is 5.32 Å². The van der Waals surface area contributed by atoms with Crippen LogP contribution in [0.4, 0.5) is 5.69 Å². The average Bonchev–Trinajstić information content (AvgIpc) is 2.39. The number of nitrogens with one attached hydrogen (secondary N) is 2. The molecule has 0 bridgehead atoms. The molecule has 0 aliphatic carbocycles. The molecule has 1 amide bonds. The van der Waals surface area contributed by atoms with Crippen molar-refractivity contribution in [2.24, 2.45) is 0 Å². The van der Waals surface area contributed by atoms with Gasteiger partial charge in [-0.05, 0) is 19.1 Å². The molecule has 5 heteroatoms. The summed E-state index contributed by atoms with van der Waals surface area (Å²) in [6, 6.07) is 7.26. The van der Waals surface area contributed by atoms with Crippen molar-refractivity contribution >= 4 is 11.6 Å². The Morgan fingerprint density at radius 3 is 2.89 bits per heavy atom. The molecule has 0 saturated carbocycles. The fourth-order valence-electron chi connectivity index (χ4n) is 1.49. The van der Waals surface area contributed by atoms with Crippen LogP contribution in [0, 0.1) is 11.3 Å². The fraction of sp³-hybridized carbons (Fsp3) is 0.385. The van der Waals surface area contributed by atoms with Crippen LogP contribution in [0.3, 0.4) is 0 Å². The van der Waals surface area contributed by atoms with Gasteiger partial charge in [-0.2, -0.15) is 5.26 Å². The van der Waals surface area contributed by atoms with E-state index in [4.69, 9.17) is 10.00 Å². The second-order valence-electron chi connectivity index (χ2n) is 3.65. The van der Waals surface area contributed by atoms with E-state index in [-0.39, 0.29) is 5.91 Å². The molecule has 18 heavy (non-hydrogen) atoms. The summed E-state index contributed by atoms with van der Waals surface area (Å²) >= 11 is 0. The summed E-state index contributed by atoms with van der Waals surface area (Å²) < 4.78 is 5.09. The van der Waals surface area contributed by atoms with Gasteiger partial charge in [0.25, 0.3) is 0 Å². The summed E-state index contributed by atoms with van der Waals surface area (Å²) in [6.45, 7) is 2.98. The quantitative estimate of drug-likeness (QED) is 0.799. The first-order valence-corrected chi connectivity index (χ1v) is 5.80. The first kappa shape index (κ1) is 13.8. The van der Waals surface area contributed by atoms with Gasteiger partial charge in [0.2, 0.25) is 5.91 Å². The highest BCUT2D eigenvalue weighted by Crippen LogP contribution is 2.21. The van der Waals surface area contributed by atoms with Crippen LogP contribution in [0.5, 0.6) is 5.75 Å². The average molecular weight is 247 g/mol. The van der Waals surface area contributed by atoms with E-state index in [1.54, 1.807) is 25.3 Å². The summed E-state index contributed by atoms with van der Waals surface area (Å²) in [5.74, 6) is 0.668. The molecule has 96 valence electrons. The van der Waals surface area contributed by atoms with Crippen molar-refractivity contribution in [2.45, 2.75) is 13.3 Å². The smallest absolute Gasteiger partial charge is 0.221 e. The van der Waals surface area contributed by atoms with Gasteiger partial charge < -0.3 is 15.4 Å². The number of anilines is 1. The summed E-state index contributed by atoms with van der Waals surface area (Å²) in [5, 5.41) is 14.7. The molecule has 0 spiro atoms. The zero-order chi connectivity index (χ0) is 13.4. The molecule has 0 aromatic heterocycles. The van der Waals surface area contributed by atoms with E-state index < -0.39 is 0 Å². The predicted molar refractivity (Wildman–Crippen MR) is 69.5 cm³/mol. The van der Waals surface area contributed by atoms with Crippen LogP contribution in [0.1, 0.15) is 18.9 Å². The Bertz CT molecular complexity index is 452. The molecular formula is C13H17N3O2. The second-order valence-corrected chi connectivity index (χ2v) is 3.65. The number of hydrogen-bond donors (Lipinski definition) is 2. The molecule has 0 heterocycles. The first-order chi connectivity index (χ1) is 8.71. The highest BCUT2D eigenvalue weighted by molar-refractivity contribution is 5.76. The highest BCUT2D eigenvalue weighted by Gasteiger charge is 2.04. The molecule has 2 N–H and O–H groups in total. The number of nitrogens with zero attached hydrogens (tertiary/aromatic N) is 1. The van der Waals surface area contributed by atoms with Crippen LogP contribution >= 0.6 is 0 Å². The van der Waals surface area contributed by atoms with Crippen molar-refractivity contribution in [3.8, 4) is 11.8 Å². The molecule has 0 unspecified atom stereocenters. The largest absolute Gasteiger partial charge is 0.497 e. The van der Waals surface area contributed by atoms with Crippen LogP contribution in [0.15, 0.2) is 18.2 Å². The molecule has 1 rings (SSSR count). The lowest BCUT2D eigenvalue weighted by atomic mass is 10.2. The molecular weight excluding hydrogens is 230 g/mol. The van der Waals surface area contributed by atoms with Gasteiger partial charge in [-0.25, -0.2) is 0 Å². The lowest BCUT2D eigenvalue weighted by Gasteiger charge is -2.09. The number of hydrogen-bond acceptors (Lipinski definition) is 4. The van der Waals surface area contributed by atoms with Gasteiger partial charge in [0, 0.05) is 25.6 Å². The Labute approximate surface area is 107 Å². The predicted octanol–water partition coefficient (Wildman–Crippen LogP) is 1.50. The zero-order valence-electron chi connectivity index (χ0n) is 10.6. The minimum absolute atomic E-state index is 0.00796. The monoisotopic (exact) mass is 247 g/mol. The highest BCUT2D eigenvalue weighted by atomic mass is 16.5. The zero-order valence-corrected chi connectivity index (χ0v) is 10.6. The number of ether oxygens (including phenoxy) is 1. The summed E-state index contributed by atoms with van der Waals surface area (Å²) in [4.78, 5) is 11.3.